The molecule has 0 atom stereocenters. The van der Waals surface area contributed by atoms with Crippen LogP contribution in [0.3, 0.4) is 0 Å². The summed E-state index contributed by atoms with van der Waals surface area (Å²) in [5, 5.41) is 0. The maximum atomic E-state index is 2.58. The minimum absolute atomic E-state index is 0.0859. The summed E-state index contributed by atoms with van der Waals surface area (Å²) in [5.41, 5.74) is 12.7. The first-order valence-corrected chi connectivity index (χ1v) is 16.5. The molecular formula is C43H57N. The Morgan fingerprint density at radius 2 is 0.727 bits per heavy atom. The predicted octanol–water partition coefficient (Wildman–Crippen LogP) is 11.7. The molecule has 234 valence electrons. The quantitative estimate of drug-likeness (QED) is 0.208. The van der Waals surface area contributed by atoms with Gasteiger partial charge in [0.15, 0.2) is 0 Å². The highest BCUT2D eigenvalue weighted by atomic mass is 15.1. The van der Waals surface area contributed by atoms with Gasteiger partial charge in [-0.2, -0.15) is 0 Å². The van der Waals surface area contributed by atoms with Crippen molar-refractivity contribution in [2.24, 2.45) is 0 Å². The van der Waals surface area contributed by atoms with Crippen molar-refractivity contribution in [3.05, 3.63) is 136 Å². The lowest BCUT2D eigenvalue weighted by atomic mass is 9.79. The largest absolute Gasteiger partial charge is 0.363 e. The Balaban J connectivity index is 1.79. The number of nitrogens with zero attached hydrogens (tertiary/aromatic N) is 1. The maximum Gasteiger partial charge on any atom is 0.0433 e. The standard InChI is InChI=1S/C43H57N/c1-40(2,3)35-23-33(24-36(27-35)41(4,5)6)29-44(39-20-18-32(19-21-39)22-31-16-14-13-15-17-31)30-34-25-37(42(7,8)9)28-38(26-34)43(10,11)12/h13-21,23-28H,22,29-30H2,1-12H3. The van der Waals surface area contributed by atoms with Gasteiger partial charge in [-0.05, 0) is 84.7 Å². The lowest BCUT2D eigenvalue weighted by Gasteiger charge is -2.31. The minimum atomic E-state index is 0.0859. The van der Waals surface area contributed by atoms with Gasteiger partial charge in [0.1, 0.15) is 0 Å². The van der Waals surface area contributed by atoms with Crippen molar-refractivity contribution < 1.29 is 0 Å². The Hall–Kier alpha value is -3.32. The molecule has 4 aromatic carbocycles. The third-order valence-electron chi connectivity index (χ3n) is 8.75. The summed E-state index contributed by atoms with van der Waals surface area (Å²) in [6.07, 6.45) is 0.951. The molecule has 0 N–H and O–H groups in total. The molecule has 1 nitrogen and oxygen atoms in total. The van der Waals surface area contributed by atoms with E-state index in [4.69, 9.17) is 0 Å². The van der Waals surface area contributed by atoms with Crippen LogP contribution in [0.2, 0.25) is 0 Å². The Morgan fingerprint density at radius 3 is 1.07 bits per heavy atom. The molecule has 4 aromatic rings. The number of anilines is 1. The number of rotatable bonds is 7. The highest BCUT2D eigenvalue weighted by molar-refractivity contribution is 5.51. The monoisotopic (exact) mass is 587 g/mol. The lowest BCUT2D eigenvalue weighted by molar-refractivity contribution is 0.565. The summed E-state index contributed by atoms with van der Waals surface area (Å²) in [6.45, 7) is 29.6. The van der Waals surface area contributed by atoms with Crippen LogP contribution in [0.15, 0.2) is 91.0 Å². The zero-order chi connectivity index (χ0) is 32.5. The fourth-order valence-electron chi connectivity index (χ4n) is 5.63. The molecule has 0 radical (unpaired) electrons. The average Bonchev–Trinajstić information content (AvgIpc) is 2.91. The van der Waals surface area contributed by atoms with Crippen LogP contribution in [0.25, 0.3) is 0 Å². The normalized spacial score (nSPS) is 12.8. The second-order valence-corrected chi connectivity index (χ2v) is 17.0. The second-order valence-electron chi connectivity index (χ2n) is 17.0. The van der Waals surface area contributed by atoms with E-state index < -0.39 is 0 Å². The molecule has 4 rings (SSSR count). The fraction of sp³-hybridized carbons (Fsp3) is 0.442. The molecule has 0 aliphatic carbocycles. The van der Waals surface area contributed by atoms with E-state index in [9.17, 15) is 0 Å². The van der Waals surface area contributed by atoms with E-state index in [1.165, 1.54) is 50.2 Å². The van der Waals surface area contributed by atoms with Gasteiger partial charge >= 0.3 is 0 Å². The molecule has 0 aliphatic rings. The SMILES string of the molecule is CC(C)(C)c1cc(CN(Cc2cc(C(C)(C)C)cc(C(C)(C)C)c2)c2ccc(Cc3ccccc3)cc2)cc(C(C)(C)C)c1. The van der Waals surface area contributed by atoms with Crippen LogP contribution in [-0.2, 0) is 41.2 Å². The molecule has 0 unspecified atom stereocenters. The van der Waals surface area contributed by atoms with Gasteiger partial charge in [-0.25, -0.2) is 0 Å². The second kappa shape index (κ2) is 12.6. The third kappa shape index (κ3) is 8.87. The van der Waals surface area contributed by atoms with Crippen molar-refractivity contribution in [3.63, 3.8) is 0 Å². The minimum Gasteiger partial charge on any atom is -0.363 e. The van der Waals surface area contributed by atoms with E-state index in [0.29, 0.717) is 0 Å². The highest BCUT2D eigenvalue weighted by Crippen LogP contribution is 2.34. The average molecular weight is 588 g/mol. The fourth-order valence-corrected chi connectivity index (χ4v) is 5.63. The summed E-state index contributed by atoms with van der Waals surface area (Å²) in [5.74, 6) is 0. The van der Waals surface area contributed by atoms with Gasteiger partial charge in [-0.15, -0.1) is 0 Å². The summed E-state index contributed by atoms with van der Waals surface area (Å²) in [7, 11) is 0. The van der Waals surface area contributed by atoms with Gasteiger partial charge in [0.2, 0.25) is 0 Å². The van der Waals surface area contributed by atoms with E-state index in [0.717, 1.165) is 19.5 Å². The molecule has 0 aromatic heterocycles. The van der Waals surface area contributed by atoms with E-state index in [1.54, 1.807) is 0 Å². The Bertz CT molecular complexity index is 1390. The Kier molecular flexibility index (Phi) is 9.60. The van der Waals surface area contributed by atoms with Crippen LogP contribution in [0.4, 0.5) is 5.69 Å². The van der Waals surface area contributed by atoms with Gasteiger partial charge in [0, 0.05) is 18.8 Å². The van der Waals surface area contributed by atoms with Gasteiger partial charge in [0.25, 0.3) is 0 Å². The van der Waals surface area contributed by atoms with Crippen molar-refractivity contribution >= 4 is 5.69 Å². The van der Waals surface area contributed by atoms with Crippen LogP contribution in [-0.4, -0.2) is 0 Å². The van der Waals surface area contributed by atoms with E-state index >= 15 is 0 Å². The summed E-state index contributed by atoms with van der Waals surface area (Å²) in [4.78, 5) is 2.58. The molecule has 0 fully saturated rings. The van der Waals surface area contributed by atoms with E-state index in [1.807, 2.05) is 0 Å². The van der Waals surface area contributed by atoms with Crippen LogP contribution in [0.1, 0.15) is 128 Å². The Labute approximate surface area is 269 Å². The lowest BCUT2D eigenvalue weighted by Crippen LogP contribution is -2.25. The molecule has 0 amide bonds. The molecule has 44 heavy (non-hydrogen) atoms. The molecule has 0 bridgehead atoms. The molecule has 0 aliphatic heterocycles. The molecule has 0 heterocycles. The summed E-state index contributed by atoms with van der Waals surface area (Å²) < 4.78 is 0. The van der Waals surface area contributed by atoms with Crippen LogP contribution in [0, 0.1) is 0 Å². The first-order chi connectivity index (χ1) is 20.3. The van der Waals surface area contributed by atoms with Crippen molar-refractivity contribution in [2.75, 3.05) is 4.90 Å². The first kappa shape index (κ1) is 33.6. The summed E-state index contributed by atoms with van der Waals surface area (Å²) >= 11 is 0. The highest BCUT2D eigenvalue weighted by Gasteiger charge is 2.23. The van der Waals surface area contributed by atoms with Gasteiger partial charge in [-0.1, -0.05) is 162 Å². The predicted molar refractivity (Wildman–Crippen MR) is 193 cm³/mol. The zero-order valence-corrected chi connectivity index (χ0v) is 29.7. The topological polar surface area (TPSA) is 3.24 Å². The Morgan fingerprint density at radius 1 is 0.386 bits per heavy atom. The van der Waals surface area contributed by atoms with Crippen LogP contribution >= 0.6 is 0 Å². The summed E-state index contributed by atoms with van der Waals surface area (Å²) in [6, 6.07) is 34.7. The van der Waals surface area contributed by atoms with Crippen molar-refractivity contribution in [1.29, 1.82) is 0 Å². The van der Waals surface area contributed by atoms with Gasteiger partial charge < -0.3 is 4.90 Å². The third-order valence-corrected chi connectivity index (χ3v) is 8.75. The first-order valence-electron chi connectivity index (χ1n) is 16.5. The van der Waals surface area contributed by atoms with Crippen molar-refractivity contribution in [3.8, 4) is 0 Å². The van der Waals surface area contributed by atoms with Gasteiger partial charge in [0.05, 0.1) is 0 Å². The number of hydrogen-bond donors (Lipinski definition) is 0. The zero-order valence-electron chi connectivity index (χ0n) is 29.7. The van der Waals surface area contributed by atoms with Crippen LogP contribution < -0.4 is 4.90 Å². The van der Waals surface area contributed by atoms with Crippen molar-refractivity contribution in [1.82, 2.24) is 0 Å². The van der Waals surface area contributed by atoms with E-state index in [2.05, 4.69) is 179 Å². The molecule has 0 spiro atoms. The smallest absolute Gasteiger partial charge is 0.0433 e. The van der Waals surface area contributed by atoms with Gasteiger partial charge in [-0.3, -0.25) is 0 Å². The molecular weight excluding hydrogens is 530 g/mol. The molecule has 0 saturated carbocycles. The molecule has 1 heteroatoms. The maximum absolute atomic E-state index is 2.58. The van der Waals surface area contributed by atoms with E-state index in [-0.39, 0.29) is 21.7 Å². The number of hydrogen-bond acceptors (Lipinski definition) is 1. The number of benzene rings is 4. The molecule has 0 saturated heterocycles. The van der Waals surface area contributed by atoms with Crippen LogP contribution in [0.5, 0.6) is 0 Å². The van der Waals surface area contributed by atoms with Crippen molar-refractivity contribution in [2.45, 2.75) is 124 Å².